The SMILES string of the molecule is CC(C)(C)NC(=O)CCN1CCCN(C(=O)c2ccccc2)CC1. The molecule has 0 unspecified atom stereocenters. The van der Waals surface area contributed by atoms with Crippen molar-refractivity contribution in [3.63, 3.8) is 0 Å². The van der Waals surface area contributed by atoms with Gasteiger partial charge in [-0.1, -0.05) is 18.2 Å². The smallest absolute Gasteiger partial charge is 0.253 e. The minimum Gasteiger partial charge on any atom is -0.351 e. The van der Waals surface area contributed by atoms with Gasteiger partial charge in [-0.3, -0.25) is 9.59 Å². The van der Waals surface area contributed by atoms with Gasteiger partial charge in [-0.25, -0.2) is 0 Å². The maximum absolute atomic E-state index is 12.5. The average molecular weight is 331 g/mol. The zero-order chi connectivity index (χ0) is 17.6. The maximum atomic E-state index is 12.5. The second-order valence-corrected chi connectivity index (χ2v) is 7.40. The van der Waals surface area contributed by atoms with E-state index in [1.54, 1.807) is 0 Å². The summed E-state index contributed by atoms with van der Waals surface area (Å²) in [6, 6.07) is 9.43. The van der Waals surface area contributed by atoms with E-state index in [2.05, 4.69) is 10.2 Å². The van der Waals surface area contributed by atoms with Gasteiger partial charge in [-0.15, -0.1) is 0 Å². The van der Waals surface area contributed by atoms with E-state index in [1.807, 2.05) is 56.0 Å². The van der Waals surface area contributed by atoms with Gasteiger partial charge in [0.2, 0.25) is 5.91 Å². The van der Waals surface area contributed by atoms with Crippen LogP contribution in [0, 0.1) is 0 Å². The minimum absolute atomic E-state index is 0.0870. The third kappa shape index (κ3) is 5.96. The van der Waals surface area contributed by atoms with Crippen molar-refractivity contribution in [1.29, 1.82) is 0 Å². The second kappa shape index (κ2) is 8.29. The molecule has 1 N–H and O–H groups in total. The van der Waals surface area contributed by atoms with Crippen molar-refractivity contribution < 1.29 is 9.59 Å². The van der Waals surface area contributed by atoms with Gasteiger partial charge in [0.15, 0.2) is 0 Å². The van der Waals surface area contributed by atoms with Crippen molar-refractivity contribution in [2.75, 3.05) is 32.7 Å². The van der Waals surface area contributed by atoms with Gasteiger partial charge < -0.3 is 15.1 Å². The van der Waals surface area contributed by atoms with E-state index in [9.17, 15) is 9.59 Å². The van der Waals surface area contributed by atoms with Crippen LogP contribution in [0.1, 0.15) is 44.0 Å². The number of benzene rings is 1. The molecule has 1 aliphatic rings. The summed E-state index contributed by atoms with van der Waals surface area (Å²) in [6.07, 6.45) is 1.45. The summed E-state index contributed by atoms with van der Waals surface area (Å²) >= 11 is 0. The van der Waals surface area contributed by atoms with Gasteiger partial charge in [0.1, 0.15) is 0 Å². The molecule has 0 aliphatic carbocycles. The molecule has 0 spiro atoms. The highest BCUT2D eigenvalue weighted by atomic mass is 16.2. The Morgan fingerprint density at radius 2 is 1.75 bits per heavy atom. The fourth-order valence-corrected chi connectivity index (χ4v) is 2.90. The van der Waals surface area contributed by atoms with Gasteiger partial charge in [0.25, 0.3) is 5.91 Å². The first-order chi connectivity index (χ1) is 11.3. The van der Waals surface area contributed by atoms with Crippen LogP contribution in [0.3, 0.4) is 0 Å². The zero-order valence-electron chi connectivity index (χ0n) is 15.0. The van der Waals surface area contributed by atoms with Crippen molar-refractivity contribution in [2.24, 2.45) is 0 Å². The lowest BCUT2D eigenvalue weighted by atomic mass is 10.1. The Morgan fingerprint density at radius 3 is 2.42 bits per heavy atom. The molecule has 132 valence electrons. The molecule has 1 aliphatic heterocycles. The molecular weight excluding hydrogens is 302 g/mol. The zero-order valence-corrected chi connectivity index (χ0v) is 15.0. The van der Waals surface area contributed by atoms with Crippen molar-refractivity contribution >= 4 is 11.8 Å². The number of carbonyl (C=O) groups is 2. The molecule has 0 radical (unpaired) electrons. The van der Waals surface area contributed by atoms with E-state index in [4.69, 9.17) is 0 Å². The molecule has 24 heavy (non-hydrogen) atoms. The van der Waals surface area contributed by atoms with Crippen LogP contribution in [0.2, 0.25) is 0 Å². The standard InChI is InChI=1S/C19H29N3O2/c1-19(2,3)20-17(23)10-13-21-11-7-12-22(15-14-21)18(24)16-8-5-4-6-9-16/h4-6,8-9H,7,10-15H2,1-3H3,(H,20,23). The lowest BCUT2D eigenvalue weighted by Gasteiger charge is -2.24. The van der Waals surface area contributed by atoms with Crippen LogP contribution in [0.4, 0.5) is 0 Å². The Labute approximate surface area is 145 Å². The third-order valence-corrected chi connectivity index (χ3v) is 4.07. The normalized spacial score (nSPS) is 16.5. The van der Waals surface area contributed by atoms with Crippen LogP contribution in [-0.2, 0) is 4.79 Å². The van der Waals surface area contributed by atoms with Gasteiger partial charge in [-0.2, -0.15) is 0 Å². The Balaban J connectivity index is 1.80. The highest BCUT2D eigenvalue weighted by Crippen LogP contribution is 2.10. The molecule has 2 rings (SSSR count). The number of rotatable bonds is 4. The number of amides is 2. The van der Waals surface area contributed by atoms with E-state index in [0.717, 1.165) is 38.2 Å². The van der Waals surface area contributed by atoms with E-state index in [1.165, 1.54) is 0 Å². The highest BCUT2D eigenvalue weighted by molar-refractivity contribution is 5.94. The van der Waals surface area contributed by atoms with E-state index >= 15 is 0 Å². The van der Waals surface area contributed by atoms with Gasteiger partial charge >= 0.3 is 0 Å². The minimum atomic E-state index is -0.186. The van der Waals surface area contributed by atoms with Crippen LogP contribution in [-0.4, -0.2) is 59.9 Å². The molecule has 1 fully saturated rings. The first kappa shape index (κ1) is 18.5. The Bertz CT molecular complexity index is 551. The van der Waals surface area contributed by atoms with Crippen LogP contribution < -0.4 is 5.32 Å². The lowest BCUT2D eigenvalue weighted by molar-refractivity contribution is -0.122. The average Bonchev–Trinajstić information content (AvgIpc) is 2.77. The topological polar surface area (TPSA) is 52.7 Å². The number of carbonyl (C=O) groups excluding carboxylic acids is 2. The summed E-state index contributed by atoms with van der Waals surface area (Å²) in [5, 5.41) is 2.99. The fourth-order valence-electron chi connectivity index (χ4n) is 2.90. The van der Waals surface area contributed by atoms with Gasteiger partial charge in [-0.05, 0) is 45.9 Å². The molecule has 0 atom stereocenters. The molecule has 0 bridgehead atoms. The van der Waals surface area contributed by atoms with Gasteiger partial charge in [0, 0.05) is 43.7 Å². The van der Waals surface area contributed by atoms with Gasteiger partial charge in [0.05, 0.1) is 0 Å². The Hall–Kier alpha value is -1.88. The molecule has 2 amide bonds. The molecule has 5 heteroatoms. The van der Waals surface area contributed by atoms with E-state index in [0.29, 0.717) is 13.0 Å². The predicted octanol–water partition coefficient (Wildman–Crippen LogP) is 2.14. The monoisotopic (exact) mass is 331 g/mol. The summed E-state index contributed by atoms with van der Waals surface area (Å²) in [5.41, 5.74) is 0.560. The van der Waals surface area contributed by atoms with E-state index < -0.39 is 0 Å². The molecular formula is C19H29N3O2. The van der Waals surface area contributed by atoms with Crippen molar-refractivity contribution in [2.45, 2.75) is 39.2 Å². The molecule has 0 saturated carbocycles. The number of hydrogen-bond acceptors (Lipinski definition) is 3. The second-order valence-electron chi connectivity index (χ2n) is 7.40. The molecule has 5 nitrogen and oxygen atoms in total. The van der Waals surface area contributed by atoms with Crippen LogP contribution in [0.15, 0.2) is 30.3 Å². The largest absolute Gasteiger partial charge is 0.351 e. The summed E-state index contributed by atoms with van der Waals surface area (Å²) in [6.45, 7) is 9.96. The highest BCUT2D eigenvalue weighted by Gasteiger charge is 2.21. The molecule has 1 aromatic carbocycles. The third-order valence-electron chi connectivity index (χ3n) is 4.07. The van der Waals surface area contributed by atoms with Crippen LogP contribution in [0.5, 0.6) is 0 Å². The maximum Gasteiger partial charge on any atom is 0.253 e. The Kier molecular flexibility index (Phi) is 6.37. The molecule has 0 aromatic heterocycles. The quantitative estimate of drug-likeness (QED) is 0.920. The molecule has 1 heterocycles. The first-order valence-electron chi connectivity index (χ1n) is 8.73. The summed E-state index contributed by atoms with van der Waals surface area (Å²) < 4.78 is 0. The lowest BCUT2D eigenvalue weighted by Crippen LogP contribution is -2.42. The summed E-state index contributed by atoms with van der Waals surface area (Å²) in [5.74, 6) is 0.187. The summed E-state index contributed by atoms with van der Waals surface area (Å²) in [4.78, 5) is 28.7. The predicted molar refractivity (Wildman–Crippen MR) is 95.9 cm³/mol. The van der Waals surface area contributed by atoms with Crippen LogP contribution >= 0.6 is 0 Å². The number of nitrogens with zero attached hydrogens (tertiary/aromatic N) is 2. The summed E-state index contributed by atoms with van der Waals surface area (Å²) in [7, 11) is 0. The van der Waals surface area contributed by atoms with E-state index in [-0.39, 0.29) is 17.4 Å². The van der Waals surface area contributed by atoms with Crippen LogP contribution in [0.25, 0.3) is 0 Å². The fraction of sp³-hybridized carbons (Fsp3) is 0.579. The van der Waals surface area contributed by atoms with Crippen molar-refractivity contribution in [1.82, 2.24) is 15.1 Å². The van der Waals surface area contributed by atoms with Crippen molar-refractivity contribution in [3.8, 4) is 0 Å². The molecule has 1 aromatic rings. The number of nitrogens with one attached hydrogen (secondary N) is 1. The molecule has 1 saturated heterocycles. The Morgan fingerprint density at radius 1 is 1.04 bits per heavy atom. The van der Waals surface area contributed by atoms with Crippen molar-refractivity contribution in [3.05, 3.63) is 35.9 Å². The first-order valence-corrected chi connectivity index (χ1v) is 8.73. The number of hydrogen-bond donors (Lipinski definition) is 1.